The van der Waals surface area contributed by atoms with E-state index in [-0.39, 0.29) is 23.9 Å². The van der Waals surface area contributed by atoms with E-state index in [2.05, 4.69) is 15.5 Å². The van der Waals surface area contributed by atoms with Gasteiger partial charge in [0.15, 0.2) is 0 Å². The lowest BCUT2D eigenvalue weighted by Crippen LogP contribution is -2.27. The zero-order chi connectivity index (χ0) is 19.2. The summed E-state index contributed by atoms with van der Waals surface area (Å²) in [6, 6.07) is 13.9. The summed E-state index contributed by atoms with van der Waals surface area (Å²) >= 11 is 0. The van der Waals surface area contributed by atoms with Crippen LogP contribution in [0.15, 0.2) is 53.1 Å². The molecule has 1 N–H and O–H groups in total. The molecule has 0 atom stereocenters. The van der Waals surface area contributed by atoms with Gasteiger partial charge in [0.25, 0.3) is 5.69 Å². The lowest BCUT2D eigenvalue weighted by molar-refractivity contribution is -0.384. The number of non-ortho nitro benzene ring substituents is 1. The molecule has 1 heterocycles. The maximum Gasteiger partial charge on any atom is 0.269 e. The maximum absolute atomic E-state index is 12.0. The largest absolute Gasteiger partial charge is 0.355 e. The van der Waals surface area contributed by atoms with Crippen LogP contribution in [0.5, 0.6) is 0 Å². The molecule has 3 aromatic rings. The summed E-state index contributed by atoms with van der Waals surface area (Å²) < 4.78 is 5.16. The van der Waals surface area contributed by atoms with E-state index in [0.717, 1.165) is 16.7 Å². The van der Waals surface area contributed by atoms with Gasteiger partial charge in [-0.05, 0) is 24.5 Å². The number of nitrogens with one attached hydrogen (secondary N) is 1. The number of carbonyl (C=O) groups is 1. The van der Waals surface area contributed by atoms with E-state index >= 15 is 0 Å². The second kappa shape index (κ2) is 8.22. The molecule has 3 rings (SSSR count). The Morgan fingerprint density at radius 2 is 1.93 bits per heavy atom. The first-order valence-electron chi connectivity index (χ1n) is 8.41. The van der Waals surface area contributed by atoms with Crippen LogP contribution < -0.4 is 5.32 Å². The van der Waals surface area contributed by atoms with Gasteiger partial charge in [-0.3, -0.25) is 14.9 Å². The van der Waals surface area contributed by atoms with Gasteiger partial charge in [0.1, 0.15) is 6.42 Å². The highest BCUT2D eigenvalue weighted by Crippen LogP contribution is 2.19. The van der Waals surface area contributed by atoms with Gasteiger partial charge in [-0.1, -0.05) is 41.6 Å². The number of hydrogen-bond donors (Lipinski definition) is 1. The zero-order valence-electron chi connectivity index (χ0n) is 14.7. The minimum absolute atomic E-state index is 0.000851. The first kappa shape index (κ1) is 18.2. The van der Waals surface area contributed by atoms with E-state index in [1.165, 1.54) is 12.1 Å². The number of amides is 1. The third-order valence-corrected chi connectivity index (χ3v) is 4.05. The van der Waals surface area contributed by atoms with Crippen molar-refractivity contribution in [3.05, 3.63) is 75.7 Å². The lowest BCUT2D eigenvalue weighted by atomic mass is 10.1. The lowest BCUT2D eigenvalue weighted by Gasteiger charge is -2.03. The molecule has 8 heteroatoms. The fourth-order valence-electron chi connectivity index (χ4n) is 2.59. The van der Waals surface area contributed by atoms with E-state index in [4.69, 9.17) is 4.52 Å². The Balaban J connectivity index is 1.50. The molecule has 0 aliphatic heterocycles. The van der Waals surface area contributed by atoms with Crippen molar-refractivity contribution in [1.29, 1.82) is 0 Å². The molecule has 27 heavy (non-hydrogen) atoms. The summed E-state index contributed by atoms with van der Waals surface area (Å²) in [5, 5.41) is 17.3. The Hall–Kier alpha value is -3.55. The third kappa shape index (κ3) is 4.75. The average molecular weight is 366 g/mol. The number of nitrogens with zero attached hydrogens (tertiary/aromatic N) is 3. The van der Waals surface area contributed by atoms with Crippen LogP contribution >= 0.6 is 0 Å². The van der Waals surface area contributed by atoms with E-state index in [1.54, 1.807) is 12.1 Å². The molecule has 0 radical (unpaired) electrons. The van der Waals surface area contributed by atoms with Crippen LogP contribution in [0.25, 0.3) is 11.4 Å². The van der Waals surface area contributed by atoms with Crippen LogP contribution in [0.1, 0.15) is 17.0 Å². The van der Waals surface area contributed by atoms with Crippen LogP contribution in [0.2, 0.25) is 0 Å². The molecule has 1 amide bonds. The highest BCUT2D eigenvalue weighted by Gasteiger charge is 2.13. The van der Waals surface area contributed by atoms with Crippen molar-refractivity contribution in [1.82, 2.24) is 15.5 Å². The van der Waals surface area contributed by atoms with Crippen LogP contribution in [0.3, 0.4) is 0 Å². The van der Waals surface area contributed by atoms with Gasteiger partial charge in [0.2, 0.25) is 17.6 Å². The van der Waals surface area contributed by atoms with Gasteiger partial charge in [0.05, 0.1) is 4.92 Å². The average Bonchev–Trinajstić information content (AvgIpc) is 3.10. The number of benzene rings is 2. The van der Waals surface area contributed by atoms with E-state index in [1.807, 2.05) is 31.2 Å². The minimum Gasteiger partial charge on any atom is -0.355 e. The van der Waals surface area contributed by atoms with E-state index < -0.39 is 4.92 Å². The van der Waals surface area contributed by atoms with E-state index in [9.17, 15) is 14.9 Å². The van der Waals surface area contributed by atoms with Crippen molar-refractivity contribution in [2.45, 2.75) is 19.8 Å². The van der Waals surface area contributed by atoms with Crippen LogP contribution in [0, 0.1) is 17.0 Å². The van der Waals surface area contributed by atoms with Gasteiger partial charge < -0.3 is 9.84 Å². The topological polar surface area (TPSA) is 111 Å². The molecule has 2 aromatic carbocycles. The van der Waals surface area contributed by atoms with Gasteiger partial charge in [-0.15, -0.1) is 0 Å². The number of aryl methyl sites for hydroxylation is 1. The highest BCUT2D eigenvalue weighted by atomic mass is 16.6. The fraction of sp³-hybridized carbons (Fsp3) is 0.211. The van der Waals surface area contributed by atoms with Crippen molar-refractivity contribution >= 4 is 11.6 Å². The fourth-order valence-corrected chi connectivity index (χ4v) is 2.59. The van der Waals surface area contributed by atoms with Crippen molar-refractivity contribution in [2.24, 2.45) is 0 Å². The normalized spacial score (nSPS) is 10.6. The summed E-state index contributed by atoms with van der Waals surface area (Å²) in [7, 11) is 0. The predicted octanol–water partition coefficient (Wildman–Crippen LogP) is 2.85. The molecule has 0 aliphatic carbocycles. The highest BCUT2D eigenvalue weighted by molar-refractivity contribution is 5.77. The molecule has 0 aliphatic rings. The first-order chi connectivity index (χ1) is 13.0. The van der Waals surface area contributed by atoms with Gasteiger partial charge in [0, 0.05) is 24.2 Å². The molecule has 0 fully saturated rings. The summed E-state index contributed by atoms with van der Waals surface area (Å²) in [5.74, 6) is 0.486. The van der Waals surface area contributed by atoms with Gasteiger partial charge in [-0.2, -0.15) is 4.98 Å². The Morgan fingerprint density at radius 3 is 2.63 bits per heavy atom. The second-order valence-corrected chi connectivity index (χ2v) is 6.03. The second-order valence-electron chi connectivity index (χ2n) is 6.03. The molecule has 138 valence electrons. The predicted molar refractivity (Wildman–Crippen MR) is 98.0 cm³/mol. The molecular weight excluding hydrogens is 348 g/mol. The van der Waals surface area contributed by atoms with Gasteiger partial charge in [-0.25, -0.2) is 0 Å². The molecule has 8 nitrogen and oxygen atoms in total. The molecule has 0 spiro atoms. The SMILES string of the molecule is Cc1ccccc1-c1noc(CC(=O)NCCc2ccc([N+](=O)[O-])cc2)n1. The van der Waals surface area contributed by atoms with Crippen molar-refractivity contribution in [2.75, 3.05) is 6.54 Å². The molecule has 1 aromatic heterocycles. The number of nitro benzene ring substituents is 1. The standard InChI is InChI=1S/C19H18N4O4/c1-13-4-2-3-5-16(13)19-21-18(27-22-19)12-17(24)20-11-10-14-6-8-15(9-7-14)23(25)26/h2-9H,10-12H2,1H3,(H,20,24). The molecular formula is C19H18N4O4. The number of rotatable bonds is 7. The maximum atomic E-state index is 12.0. The first-order valence-corrected chi connectivity index (χ1v) is 8.41. The van der Waals surface area contributed by atoms with Crippen LogP contribution in [-0.4, -0.2) is 27.5 Å². The molecule has 0 bridgehead atoms. The summed E-state index contributed by atoms with van der Waals surface area (Å²) in [5.41, 5.74) is 2.84. The van der Waals surface area contributed by atoms with Crippen molar-refractivity contribution < 1.29 is 14.2 Å². The number of nitro groups is 1. The summed E-state index contributed by atoms with van der Waals surface area (Å²) in [6.07, 6.45) is 0.571. The monoisotopic (exact) mass is 366 g/mol. The Labute approximate surface area is 155 Å². The Kier molecular flexibility index (Phi) is 5.55. The zero-order valence-corrected chi connectivity index (χ0v) is 14.7. The number of hydrogen-bond acceptors (Lipinski definition) is 6. The van der Waals surface area contributed by atoms with Gasteiger partial charge >= 0.3 is 0 Å². The van der Waals surface area contributed by atoms with Crippen molar-refractivity contribution in [3.8, 4) is 11.4 Å². The Morgan fingerprint density at radius 1 is 1.19 bits per heavy atom. The third-order valence-electron chi connectivity index (χ3n) is 4.05. The van der Waals surface area contributed by atoms with Crippen LogP contribution in [-0.2, 0) is 17.6 Å². The summed E-state index contributed by atoms with van der Waals surface area (Å²) in [6.45, 7) is 2.37. The molecule has 0 saturated carbocycles. The smallest absolute Gasteiger partial charge is 0.269 e. The van der Waals surface area contributed by atoms with E-state index in [0.29, 0.717) is 18.8 Å². The van der Waals surface area contributed by atoms with Crippen LogP contribution in [0.4, 0.5) is 5.69 Å². The molecule has 0 saturated heterocycles. The number of carbonyl (C=O) groups excluding carboxylic acids is 1. The summed E-state index contributed by atoms with van der Waals surface area (Å²) in [4.78, 5) is 26.5. The molecule has 0 unspecified atom stereocenters. The number of aromatic nitrogens is 2. The van der Waals surface area contributed by atoms with Crippen molar-refractivity contribution in [3.63, 3.8) is 0 Å². The quantitative estimate of drug-likeness (QED) is 0.508. The minimum atomic E-state index is -0.443. The Bertz CT molecular complexity index is 950.